The van der Waals surface area contributed by atoms with Crippen molar-refractivity contribution in [2.24, 2.45) is 11.8 Å². The number of benzene rings is 2. The highest BCUT2D eigenvalue weighted by atomic mass is 16.7. The lowest BCUT2D eigenvalue weighted by Gasteiger charge is -2.29. The summed E-state index contributed by atoms with van der Waals surface area (Å²) in [6.07, 6.45) is 13.3. The summed E-state index contributed by atoms with van der Waals surface area (Å²) in [5.41, 5.74) is 1.43. The summed E-state index contributed by atoms with van der Waals surface area (Å²) in [5, 5.41) is 0. The second-order valence-electron chi connectivity index (χ2n) is 10.8. The molecule has 1 heterocycles. The van der Waals surface area contributed by atoms with Crippen molar-refractivity contribution in [1.29, 1.82) is 0 Å². The average Bonchev–Trinajstić information content (AvgIpc) is 2.95. The van der Waals surface area contributed by atoms with Crippen molar-refractivity contribution in [2.75, 3.05) is 19.8 Å². The highest BCUT2D eigenvalue weighted by molar-refractivity contribution is 5.91. The first-order valence-electron chi connectivity index (χ1n) is 14.9. The molecule has 1 aliphatic rings. The molecular formula is C33H48O5. The maximum Gasteiger partial charge on any atom is 0.343 e. The highest BCUT2D eigenvalue weighted by Gasteiger charge is 2.23. The Morgan fingerprint density at radius 1 is 0.842 bits per heavy atom. The van der Waals surface area contributed by atoms with Gasteiger partial charge in [-0.2, -0.15) is 0 Å². The van der Waals surface area contributed by atoms with Gasteiger partial charge in [-0.25, -0.2) is 4.79 Å². The molecule has 5 nitrogen and oxygen atoms in total. The Kier molecular flexibility index (Phi) is 13.7. The molecule has 0 bridgehead atoms. The molecule has 38 heavy (non-hydrogen) atoms. The molecule has 3 rings (SSSR count). The van der Waals surface area contributed by atoms with Gasteiger partial charge in [0.15, 0.2) is 6.29 Å². The Balaban J connectivity index is 1.35. The standard InChI is InChI=1S/C33H48O5/c1-4-6-7-8-11-14-27-24-36-33(37-25-27)29-17-21-31(22-18-29)38-32(34)28-15-19-30(20-16-28)35-23-12-9-10-13-26(3)5-2/h15-22,26-27,33H,4-14,23-25H2,1-3H3/t26-,27-,33-/m0/s1. The van der Waals surface area contributed by atoms with Crippen molar-refractivity contribution >= 4 is 5.97 Å². The minimum Gasteiger partial charge on any atom is -0.494 e. The first-order valence-corrected chi connectivity index (χ1v) is 14.9. The summed E-state index contributed by atoms with van der Waals surface area (Å²) in [6.45, 7) is 8.96. The summed E-state index contributed by atoms with van der Waals surface area (Å²) in [4.78, 5) is 12.6. The normalized spacial score (nSPS) is 18.2. The predicted molar refractivity (Wildman–Crippen MR) is 153 cm³/mol. The first-order chi connectivity index (χ1) is 18.6. The van der Waals surface area contributed by atoms with E-state index in [1.807, 2.05) is 24.3 Å². The van der Waals surface area contributed by atoms with E-state index in [0.717, 1.165) is 43.3 Å². The molecule has 0 spiro atoms. The zero-order valence-electron chi connectivity index (χ0n) is 23.8. The second kappa shape index (κ2) is 17.3. The Hall–Kier alpha value is -2.37. The van der Waals surface area contributed by atoms with Crippen molar-refractivity contribution in [1.82, 2.24) is 0 Å². The molecule has 0 aromatic heterocycles. The molecule has 5 heteroatoms. The SMILES string of the molecule is CCCCCCC[C@H]1CO[C@H](c2ccc(OC(=O)c3ccc(OCCCCC[C@@H](C)CC)cc3)cc2)OC1. The van der Waals surface area contributed by atoms with Crippen molar-refractivity contribution in [3.8, 4) is 11.5 Å². The molecule has 2 aromatic rings. The van der Waals surface area contributed by atoms with E-state index >= 15 is 0 Å². The monoisotopic (exact) mass is 524 g/mol. The zero-order valence-corrected chi connectivity index (χ0v) is 23.8. The van der Waals surface area contributed by atoms with Crippen molar-refractivity contribution in [2.45, 2.75) is 97.7 Å². The molecule has 0 radical (unpaired) electrons. The van der Waals surface area contributed by atoms with Gasteiger partial charge in [-0.1, -0.05) is 90.7 Å². The molecule has 1 fully saturated rings. The van der Waals surface area contributed by atoms with Crippen LogP contribution < -0.4 is 9.47 Å². The van der Waals surface area contributed by atoms with E-state index < -0.39 is 0 Å². The van der Waals surface area contributed by atoms with E-state index in [1.165, 1.54) is 57.8 Å². The number of carbonyl (C=O) groups is 1. The predicted octanol–water partition coefficient (Wildman–Crippen LogP) is 8.91. The van der Waals surface area contributed by atoms with Crippen LogP contribution in [0.1, 0.15) is 114 Å². The van der Waals surface area contributed by atoms with E-state index in [0.29, 0.717) is 23.8 Å². The van der Waals surface area contributed by atoms with E-state index in [2.05, 4.69) is 20.8 Å². The van der Waals surface area contributed by atoms with Gasteiger partial charge in [0.2, 0.25) is 0 Å². The van der Waals surface area contributed by atoms with Crippen LogP contribution in [0.3, 0.4) is 0 Å². The molecule has 0 unspecified atom stereocenters. The van der Waals surface area contributed by atoms with Gasteiger partial charge in [-0.15, -0.1) is 0 Å². The third-order valence-electron chi connectivity index (χ3n) is 7.44. The van der Waals surface area contributed by atoms with Crippen LogP contribution in [0.4, 0.5) is 0 Å². The van der Waals surface area contributed by atoms with Crippen LogP contribution in [0.2, 0.25) is 0 Å². The van der Waals surface area contributed by atoms with E-state index in [-0.39, 0.29) is 12.3 Å². The minimum atomic E-state index is -0.388. The van der Waals surface area contributed by atoms with Crippen LogP contribution in [-0.4, -0.2) is 25.8 Å². The number of ether oxygens (including phenoxy) is 4. The van der Waals surface area contributed by atoms with Gasteiger partial charge in [0.1, 0.15) is 11.5 Å². The lowest BCUT2D eigenvalue weighted by atomic mass is 10.0. The van der Waals surface area contributed by atoms with Crippen molar-refractivity contribution in [3.63, 3.8) is 0 Å². The molecule has 1 saturated heterocycles. The Morgan fingerprint density at radius 3 is 2.18 bits per heavy atom. The van der Waals surface area contributed by atoms with Crippen LogP contribution in [0.5, 0.6) is 11.5 Å². The third-order valence-corrected chi connectivity index (χ3v) is 7.44. The number of carbonyl (C=O) groups excluding carboxylic acids is 1. The molecule has 1 atom stereocenters. The third kappa shape index (κ3) is 10.8. The fourth-order valence-electron chi connectivity index (χ4n) is 4.65. The average molecular weight is 525 g/mol. The molecule has 0 aliphatic carbocycles. The van der Waals surface area contributed by atoms with Gasteiger partial charge < -0.3 is 18.9 Å². The van der Waals surface area contributed by atoms with Gasteiger partial charge >= 0.3 is 5.97 Å². The van der Waals surface area contributed by atoms with E-state index in [1.54, 1.807) is 24.3 Å². The molecule has 0 saturated carbocycles. The summed E-state index contributed by atoms with van der Waals surface area (Å²) >= 11 is 0. The van der Waals surface area contributed by atoms with Crippen LogP contribution in [0.25, 0.3) is 0 Å². The van der Waals surface area contributed by atoms with Crippen LogP contribution in [0, 0.1) is 11.8 Å². The van der Waals surface area contributed by atoms with E-state index in [9.17, 15) is 4.79 Å². The quantitative estimate of drug-likeness (QED) is 0.117. The number of unbranched alkanes of at least 4 members (excludes halogenated alkanes) is 6. The number of esters is 1. The summed E-state index contributed by atoms with van der Waals surface area (Å²) < 4.78 is 23.3. The molecule has 210 valence electrons. The number of hydrogen-bond acceptors (Lipinski definition) is 5. The highest BCUT2D eigenvalue weighted by Crippen LogP contribution is 2.29. The molecule has 0 N–H and O–H groups in total. The van der Waals surface area contributed by atoms with Gasteiger partial charge in [0.05, 0.1) is 25.4 Å². The van der Waals surface area contributed by atoms with Crippen molar-refractivity contribution < 1.29 is 23.7 Å². The summed E-state index contributed by atoms with van der Waals surface area (Å²) in [7, 11) is 0. The Bertz CT molecular complexity index is 900. The Labute approximate surface area is 230 Å². The minimum absolute atomic E-state index is 0.358. The Morgan fingerprint density at radius 2 is 1.50 bits per heavy atom. The van der Waals surface area contributed by atoms with Crippen molar-refractivity contribution in [3.05, 3.63) is 59.7 Å². The maximum absolute atomic E-state index is 12.6. The molecule has 0 amide bonds. The van der Waals surface area contributed by atoms with Gasteiger partial charge in [0.25, 0.3) is 0 Å². The fraction of sp³-hybridized carbons (Fsp3) is 0.606. The van der Waals surface area contributed by atoms with Crippen LogP contribution in [0.15, 0.2) is 48.5 Å². The number of hydrogen-bond donors (Lipinski definition) is 0. The topological polar surface area (TPSA) is 54.0 Å². The van der Waals surface area contributed by atoms with Gasteiger partial charge in [0, 0.05) is 11.5 Å². The van der Waals surface area contributed by atoms with Gasteiger partial charge in [-0.05, 0) is 55.2 Å². The van der Waals surface area contributed by atoms with Crippen LogP contribution >= 0.6 is 0 Å². The fourth-order valence-corrected chi connectivity index (χ4v) is 4.65. The van der Waals surface area contributed by atoms with Gasteiger partial charge in [-0.3, -0.25) is 0 Å². The molecule has 2 aromatic carbocycles. The smallest absolute Gasteiger partial charge is 0.343 e. The summed E-state index contributed by atoms with van der Waals surface area (Å²) in [6, 6.07) is 14.5. The zero-order chi connectivity index (χ0) is 27.0. The number of rotatable bonds is 17. The second-order valence-corrected chi connectivity index (χ2v) is 10.8. The lowest BCUT2D eigenvalue weighted by Crippen LogP contribution is -2.27. The van der Waals surface area contributed by atoms with Crippen LogP contribution in [-0.2, 0) is 9.47 Å². The largest absolute Gasteiger partial charge is 0.494 e. The molecule has 1 aliphatic heterocycles. The first kappa shape index (κ1) is 30.2. The maximum atomic E-state index is 12.6. The molecular weight excluding hydrogens is 476 g/mol. The lowest BCUT2D eigenvalue weighted by molar-refractivity contribution is -0.206. The van der Waals surface area contributed by atoms with E-state index in [4.69, 9.17) is 18.9 Å². The summed E-state index contributed by atoms with van der Waals surface area (Å²) in [5.74, 6) is 2.17.